The monoisotopic (exact) mass is 525 g/mol. The smallest absolute Gasteiger partial charge is 0.344 e. The van der Waals surface area contributed by atoms with Crippen LogP contribution in [0.4, 0.5) is 10.1 Å². The molecule has 178 valence electrons. The van der Waals surface area contributed by atoms with Gasteiger partial charge in [0.15, 0.2) is 13.2 Å². The number of esters is 1. The molecule has 11 heteroatoms. The molecule has 0 spiro atoms. The van der Waals surface area contributed by atoms with Gasteiger partial charge in [0.05, 0.1) is 15.6 Å². The fourth-order valence-electron chi connectivity index (χ4n) is 2.77. The average molecular weight is 526 g/mol. The van der Waals surface area contributed by atoms with Crippen molar-refractivity contribution in [3.8, 4) is 5.75 Å². The van der Waals surface area contributed by atoms with Crippen LogP contribution >= 0.6 is 23.2 Å². The molecule has 3 aromatic carbocycles. The Morgan fingerprint density at radius 1 is 0.941 bits per heavy atom. The Labute approximate surface area is 205 Å². The molecule has 0 radical (unpaired) electrons. The van der Waals surface area contributed by atoms with Crippen LogP contribution < -0.4 is 9.04 Å². The van der Waals surface area contributed by atoms with Gasteiger partial charge in [0, 0.05) is 17.6 Å². The van der Waals surface area contributed by atoms with Gasteiger partial charge in [-0.05, 0) is 66.7 Å². The highest BCUT2D eigenvalue weighted by atomic mass is 35.5. The number of rotatable bonds is 9. The summed E-state index contributed by atoms with van der Waals surface area (Å²) in [6.45, 7) is -1.01. The van der Waals surface area contributed by atoms with Crippen LogP contribution in [0, 0.1) is 5.82 Å². The number of sulfonamides is 1. The molecule has 0 bridgehead atoms. The summed E-state index contributed by atoms with van der Waals surface area (Å²) in [6.07, 6.45) is 0. The van der Waals surface area contributed by atoms with Crippen LogP contribution in [0.2, 0.25) is 10.0 Å². The fraction of sp³-hybridized carbons (Fsp3) is 0.130. The molecule has 0 aliphatic carbocycles. The maximum atomic E-state index is 13.1. The number of hydrogen-bond acceptors (Lipinski definition) is 6. The van der Waals surface area contributed by atoms with Gasteiger partial charge in [0.2, 0.25) is 5.78 Å². The van der Waals surface area contributed by atoms with Crippen LogP contribution in [0.25, 0.3) is 0 Å². The Kier molecular flexibility index (Phi) is 8.14. The lowest BCUT2D eigenvalue weighted by Gasteiger charge is -2.19. The number of Topliss-reactive ketones (excluding diaryl/α,β-unsaturated/α-hetero) is 1. The zero-order valence-corrected chi connectivity index (χ0v) is 20.0. The molecule has 0 unspecified atom stereocenters. The molecule has 3 rings (SSSR count). The van der Waals surface area contributed by atoms with Crippen molar-refractivity contribution in [1.29, 1.82) is 0 Å². The van der Waals surface area contributed by atoms with Gasteiger partial charge in [-0.1, -0.05) is 23.2 Å². The standard InChI is InChI=1S/C23H18Cl2FNO6S/c1-27(34(30,31)19-9-3-16(26)4-10-19)17-5-7-18(8-6-17)32-14-23(29)33-13-22(28)20-12-15(24)2-11-21(20)25/h2-12H,13-14H2,1H3. The third-order valence-corrected chi connectivity index (χ3v) is 6.99. The van der Waals surface area contributed by atoms with E-state index in [4.69, 9.17) is 32.7 Å². The average Bonchev–Trinajstić information content (AvgIpc) is 2.82. The van der Waals surface area contributed by atoms with Crippen molar-refractivity contribution in [2.75, 3.05) is 24.6 Å². The van der Waals surface area contributed by atoms with Crippen LogP contribution in [0.15, 0.2) is 71.6 Å². The maximum Gasteiger partial charge on any atom is 0.344 e. The minimum absolute atomic E-state index is 0.0620. The quantitative estimate of drug-likeness (QED) is 0.295. The predicted molar refractivity (Wildman–Crippen MR) is 126 cm³/mol. The van der Waals surface area contributed by atoms with Crippen LogP contribution in [0.1, 0.15) is 10.4 Å². The number of ketones is 1. The molecular formula is C23H18Cl2FNO6S. The number of ether oxygens (including phenoxy) is 2. The minimum atomic E-state index is -3.89. The van der Waals surface area contributed by atoms with Crippen molar-refractivity contribution in [2.24, 2.45) is 0 Å². The molecule has 7 nitrogen and oxygen atoms in total. The summed E-state index contributed by atoms with van der Waals surface area (Å²) >= 11 is 11.8. The van der Waals surface area contributed by atoms with E-state index in [1.807, 2.05) is 0 Å². The maximum absolute atomic E-state index is 13.1. The van der Waals surface area contributed by atoms with Gasteiger partial charge in [-0.15, -0.1) is 0 Å². The Hall–Kier alpha value is -3.14. The minimum Gasteiger partial charge on any atom is -0.482 e. The molecule has 0 aliphatic rings. The molecule has 34 heavy (non-hydrogen) atoms. The SMILES string of the molecule is CN(c1ccc(OCC(=O)OCC(=O)c2cc(Cl)ccc2Cl)cc1)S(=O)(=O)c1ccc(F)cc1. The first kappa shape index (κ1) is 25.5. The molecule has 0 fully saturated rings. The third kappa shape index (κ3) is 6.25. The number of hydrogen-bond donors (Lipinski definition) is 0. The van der Waals surface area contributed by atoms with Crippen LogP contribution in [0.3, 0.4) is 0 Å². The second-order valence-corrected chi connectivity index (χ2v) is 9.73. The van der Waals surface area contributed by atoms with Crippen molar-refractivity contribution >= 4 is 50.7 Å². The second kappa shape index (κ2) is 10.9. The molecule has 0 atom stereocenters. The summed E-state index contributed by atoms with van der Waals surface area (Å²) in [4.78, 5) is 24.0. The zero-order valence-electron chi connectivity index (χ0n) is 17.7. The normalized spacial score (nSPS) is 11.1. The number of nitrogens with zero attached hydrogens (tertiary/aromatic N) is 1. The van der Waals surface area contributed by atoms with E-state index in [0.717, 1.165) is 16.4 Å². The third-order valence-electron chi connectivity index (χ3n) is 4.62. The summed E-state index contributed by atoms with van der Waals surface area (Å²) in [7, 11) is -2.53. The van der Waals surface area contributed by atoms with E-state index in [2.05, 4.69) is 0 Å². The fourth-order valence-corrected chi connectivity index (χ4v) is 4.37. The molecule has 0 heterocycles. The van der Waals surface area contributed by atoms with E-state index >= 15 is 0 Å². The van der Waals surface area contributed by atoms with Crippen molar-refractivity contribution in [2.45, 2.75) is 4.90 Å². The van der Waals surface area contributed by atoms with Gasteiger partial charge >= 0.3 is 5.97 Å². The zero-order chi connectivity index (χ0) is 24.9. The predicted octanol–water partition coefficient (Wildman–Crippen LogP) is 4.76. The number of carbonyl (C=O) groups is 2. The number of anilines is 1. The highest BCUT2D eigenvalue weighted by molar-refractivity contribution is 7.92. The largest absolute Gasteiger partial charge is 0.482 e. The molecule has 0 aromatic heterocycles. The molecule has 0 saturated heterocycles. The summed E-state index contributed by atoms with van der Waals surface area (Å²) in [5.41, 5.74) is 0.460. The van der Waals surface area contributed by atoms with Gasteiger partial charge in [-0.3, -0.25) is 9.10 Å². The van der Waals surface area contributed by atoms with Gasteiger partial charge in [0.1, 0.15) is 11.6 Å². The van der Waals surface area contributed by atoms with E-state index < -0.39 is 40.8 Å². The van der Waals surface area contributed by atoms with Gasteiger partial charge in [-0.2, -0.15) is 0 Å². The Bertz CT molecular complexity index is 1300. The second-order valence-electron chi connectivity index (χ2n) is 6.92. The number of halogens is 3. The number of benzene rings is 3. The lowest BCUT2D eigenvalue weighted by molar-refractivity contribution is -0.144. The molecule has 0 N–H and O–H groups in total. The topological polar surface area (TPSA) is 90.0 Å². The first-order valence-electron chi connectivity index (χ1n) is 9.69. The van der Waals surface area contributed by atoms with Crippen molar-refractivity contribution in [1.82, 2.24) is 0 Å². The Morgan fingerprint density at radius 3 is 2.24 bits per heavy atom. The van der Waals surface area contributed by atoms with Crippen molar-refractivity contribution in [3.63, 3.8) is 0 Å². The van der Waals surface area contributed by atoms with Crippen molar-refractivity contribution < 1.29 is 31.9 Å². The van der Waals surface area contributed by atoms with E-state index in [-0.39, 0.29) is 21.2 Å². The first-order valence-corrected chi connectivity index (χ1v) is 11.9. The van der Waals surface area contributed by atoms with Crippen LogP contribution in [-0.4, -0.2) is 40.4 Å². The van der Waals surface area contributed by atoms with Crippen LogP contribution in [-0.2, 0) is 19.6 Å². The highest BCUT2D eigenvalue weighted by Crippen LogP contribution is 2.25. The molecule has 0 amide bonds. The Balaban J connectivity index is 1.54. The van der Waals surface area contributed by atoms with Gasteiger partial charge in [-0.25, -0.2) is 17.6 Å². The van der Waals surface area contributed by atoms with Crippen LogP contribution in [0.5, 0.6) is 5.75 Å². The van der Waals surface area contributed by atoms with Crippen molar-refractivity contribution in [3.05, 3.63) is 88.2 Å². The lowest BCUT2D eigenvalue weighted by atomic mass is 10.1. The van der Waals surface area contributed by atoms with Gasteiger partial charge in [0.25, 0.3) is 10.0 Å². The summed E-state index contributed by atoms with van der Waals surface area (Å²) in [6, 6.07) is 14.7. The van der Waals surface area contributed by atoms with E-state index in [0.29, 0.717) is 10.7 Å². The highest BCUT2D eigenvalue weighted by Gasteiger charge is 2.21. The molecule has 0 aliphatic heterocycles. The van der Waals surface area contributed by atoms with Gasteiger partial charge < -0.3 is 9.47 Å². The molecule has 0 saturated carbocycles. The van der Waals surface area contributed by atoms with E-state index in [9.17, 15) is 22.4 Å². The summed E-state index contributed by atoms with van der Waals surface area (Å²) in [5.74, 6) is -1.57. The molecule has 3 aromatic rings. The summed E-state index contributed by atoms with van der Waals surface area (Å²) in [5, 5.41) is 0.509. The molecular weight excluding hydrogens is 508 g/mol. The summed E-state index contributed by atoms with van der Waals surface area (Å²) < 4.78 is 49.7. The van der Waals surface area contributed by atoms with E-state index in [1.165, 1.54) is 61.6 Å². The lowest BCUT2D eigenvalue weighted by Crippen LogP contribution is -2.26. The Morgan fingerprint density at radius 2 is 1.59 bits per heavy atom. The number of carbonyl (C=O) groups excluding carboxylic acids is 2. The first-order chi connectivity index (χ1) is 16.1. The van der Waals surface area contributed by atoms with E-state index in [1.54, 1.807) is 0 Å².